The molecule has 1 heterocycles. The number of aryl methyl sites for hydroxylation is 1. The molecule has 1 unspecified atom stereocenters. The van der Waals surface area contributed by atoms with Gasteiger partial charge in [0.1, 0.15) is 6.04 Å². The fourth-order valence-corrected chi connectivity index (χ4v) is 2.37. The summed E-state index contributed by atoms with van der Waals surface area (Å²) in [6, 6.07) is -0.870. The first kappa shape index (κ1) is 13.6. The third kappa shape index (κ3) is 2.94. The number of imide groups is 1. The van der Waals surface area contributed by atoms with E-state index in [0.717, 1.165) is 37.1 Å². The van der Waals surface area contributed by atoms with E-state index in [1.807, 2.05) is 4.57 Å². The van der Waals surface area contributed by atoms with Gasteiger partial charge in [-0.2, -0.15) is 0 Å². The number of rotatable bonds is 3. The summed E-state index contributed by atoms with van der Waals surface area (Å²) < 4.78 is 1.88. The van der Waals surface area contributed by atoms with Crippen molar-refractivity contribution >= 4 is 11.9 Å². The molecule has 0 spiro atoms. The van der Waals surface area contributed by atoms with Crippen LogP contribution >= 0.6 is 0 Å². The van der Waals surface area contributed by atoms with E-state index < -0.39 is 12.1 Å². The van der Waals surface area contributed by atoms with Crippen molar-refractivity contribution in [1.29, 1.82) is 0 Å². The van der Waals surface area contributed by atoms with Gasteiger partial charge in [-0.05, 0) is 39.5 Å². The molecule has 104 valence electrons. The molecule has 1 aliphatic rings. The van der Waals surface area contributed by atoms with Gasteiger partial charge in [0.05, 0.1) is 12.0 Å². The van der Waals surface area contributed by atoms with Gasteiger partial charge in [0.2, 0.25) is 0 Å². The van der Waals surface area contributed by atoms with Gasteiger partial charge in [-0.1, -0.05) is 0 Å². The molecular formula is C13H20N4O2. The maximum atomic E-state index is 12.0. The molecule has 0 saturated carbocycles. The van der Waals surface area contributed by atoms with Gasteiger partial charge in [0, 0.05) is 12.2 Å². The highest BCUT2D eigenvalue weighted by Crippen LogP contribution is 2.22. The highest BCUT2D eigenvalue weighted by atomic mass is 16.2. The molecule has 1 aromatic heterocycles. The van der Waals surface area contributed by atoms with Crippen molar-refractivity contribution in [3.63, 3.8) is 0 Å². The Hall–Kier alpha value is -1.85. The van der Waals surface area contributed by atoms with Crippen LogP contribution in [0.15, 0.2) is 6.33 Å². The van der Waals surface area contributed by atoms with Gasteiger partial charge in [-0.25, -0.2) is 9.78 Å². The molecule has 1 atom stereocenters. The number of imidazole rings is 1. The van der Waals surface area contributed by atoms with Crippen LogP contribution in [0.4, 0.5) is 4.79 Å². The van der Waals surface area contributed by atoms with Crippen LogP contribution in [0.1, 0.15) is 44.1 Å². The summed E-state index contributed by atoms with van der Waals surface area (Å²) in [7, 11) is 0. The van der Waals surface area contributed by atoms with Gasteiger partial charge in [-0.15, -0.1) is 0 Å². The Morgan fingerprint density at radius 2 is 2.16 bits per heavy atom. The van der Waals surface area contributed by atoms with E-state index in [0.29, 0.717) is 6.54 Å². The lowest BCUT2D eigenvalue weighted by Crippen LogP contribution is -2.42. The van der Waals surface area contributed by atoms with Crippen LogP contribution in [-0.2, 0) is 17.6 Å². The first-order valence-corrected chi connectivity index (χ1v) is 6.76. The normalized spacial score (nSPS) is 15.5. The molecule has 0 fully saturated rings. The standard InChI is InChI=1S/C13H20N4O2/c1-3-14-13(19)16-12(18)9(2)17-8-15-10-6-4-5-7-11(10)17/h8-9H,3-7H2,1-2H3,(H2,14,16,18,19). The molecule has 0 saturated heterocycles. The minimum Gasteiger partial charge on any atom is -0.338 e. The van der Waals surface area contributed by atoms with Crippen LogP contribution in [0.2, 0.25) is 0 Å². The topological polar surface area (TPSA) is 76.0 Å². The second-order valence-corrected chi connectivity index (χ2v) is 4.78. The van der Waals surface area contributed by atoms with Crippen LogP contribution in [0.3, 0.4) is 0 Å². The highest BCUT2D eigenvalue weighted by Gasteiger charge is 2.23. The van der Waals surface area contributed by atoms with Crippen molar-refractivity contribution in [2.45, 2.75) is 45.6 Å². The number of carbonyl (C=O) groups excluding carboxylic acids is 2. The Labute approximate surface area is 112 Å². The summed E-state index contributed by atoms with van der Waals surface area (Å²) in [5, 5.41) is 4.88. The summed E-state index contributed by atoms with van der Waals surface area (Å²) >= 11 is 0. The maximum absolute atomic E-state index is 12.0. The third-order valence-corrected chi connectivity index (χ3v) is 3.43. The number of fused-ring (bicyclic) bond motifs is 1. The first-order chi connectivity index (χ1) is 9.13. The Kier molecular flexibility index (Phi) is 4.19. The lowest BCUT2D eigenvalue weighted by molar-refractivity contribution is -0.122. The van der Waals surface area contributed by atoms with E-state index in [1.165, 1.54) is 0 Å². The molecule has 0 aliphatic heterocycles. The number of urea groups is 1. The second kappa shape index (κ2) is 5.86. The fourth-order valence-electron chi connectivity index (χ4n) is 2.37. The lowest BCUT2D eigenvalue weighted by Gasteiger charge is -2.18. The fraction of sp³-hybridized carbons (Fsp3) is 0.615. The minimum atomic E-state index is -0.451. The van der Waals surface area contributed by atoms with Crippen molar-refractivity contribution in [3.8, 4) is 0 Å². The van der Waals surface area contributed by atoms with Crippen molar-refractivity contribution in [3.05, 3.63) is 17.7 Å². The van der Waals surface area contributed by atoms with Crippen LogP contribution < -0.4 is 10.6 Å². The van der Waals surface area contributed by atoms with E-state index in [4.69, 9.17) is 0 Å². The summed E-state index contributed by atoms with van der Waals surface area (Å²) in [5.41, 5.74) is 2.22. The van der Waals surface area contributed by atoms with Crippen molar-refractivity contribution in [2.24, 2.45) is 0 Å². The smallest absolute Gasteiger partial charge is 0.321 e. The number of carbonyl (C=O) groups is 2. The van der Waals surface area contributed by atoms with E-state index in [2.05, 4.69) is 15.6 Å². The molecule has 6 nitrogen and oxygen atoms in total. The summed E-state index contributed by atoms with van der Waals surface area (Å²) in [5.74, 6) is -0.309. The number of amides is 3. The molecule has 1 aliphatic carbocycles. The zero-order valence-electron chi connectivity index (χ0n) is 11.4. The van der Waals surface area contributed by atoms with Gasteiger partial charge < -0.3 is 9.88 Å². The van der Waals surface area contributed by atoms with E-state index in [-0.39, 0.29) is 5.91 Å². The summed E-state index contributed by atoms with van der Waals surface area (Å²) in [4.78, 5) is 27.7. The van der Waals surface area contributed by atoms with E-state index >= 15 is 0 Å². The number of nitrogens with one attached hydrogen (secondary N) is 2. The molecule has 0 aromatic carbocycles. The third-order valence-electron chi connectivity index (χ3n) is 3.43. The van der Waals surface area contributed by atoms with E-state index in [1.54, 1.807) is 20.2 Å². The molecule has 2 rings (SSSR count). The average Bonchev–Trinajstić information content (AvgIpc) is 2.81. The van der Waals surface area contributed by atoms with Crippen molar-refractivity contribution in [2.75, 3.05) is 6.54 Å². The second-order valence-electron chi connectivity index (χ2n) is 4.78. The first-order valence-electron chi connectivity index (χ1n) is 6.76. The molecule has 3 amide bonds. The molecule has 6 heteroatoms. The van der Waals surface area contributed by atoms with Gasteiger partial charge >= 0.3 is 6.03 Å². The van der Waals surface area contributed by atoms with Gasteiger partial charge in [-0.3, -0.25) is 10.1 Å². The van der Waals surface area contributed by atoms with Crippen LogP contribution in [0.5, 0.6) is 0 Å². The number of hydrogen-bond acceptors (Lipinski definition) is 3. The number of nitrogens with zero attached hydrogens (tertiary/aromatic N) is 2. The molecular weight excluding hydrogens is 244 g/mol. The summed E-state index contributed by atoms with van der Waals surface area (Å²) in [6.07, 6.45) is 5.92. The lowest BCUT2D eigenvalue weighted by atomic mass is 10.0. The predicted octanol–water partition coefficient (Wildman–Crippen LogP) is 1.17. The molecule has 0 bridgehead atoms. The van der Waals surface area contributed by atoms with E-state index in [9.17, 15) is 9.59 Å². The zero-order chi connectivity index (χ0) is 13.8. The SMILES string of the molecule is CCNC(=O)NC(=O)C(C)n1cnc2c1CCCC2. The van der Waals surface area contributed by atoms with Crippen LogP contribution in [0.25, 0.3) is 0 Å². The monoisotopic (exact) mass is 264 g/mol. The van der Waals surface area contributed by atoms with Crippen LogP contribution in [-0.4, -0.2) is 28.0 Å². The number of hydrogen-bond donors (Lipinski definition) is 2. The minimum absolute atomic E-state index is 0.309. The number of aromatic nitrogens is 2. The Bertz CT molecular complexity index is 481. The van der Waals surface area contributed by atoms with Crippen LogP contribution in [0, 0.1) is 0 Å². The molecule has 0 radical (unpaired) electrons. The van der Waals surface area contributed by atoms with Crippen molar-refractivity contribution < 1.29 is 9.59 Å². The zero-order valence-corrected chi connectivity index (χ0v) is 11.4. The molecule has 2 N–H and O–H groups in total. The Balaban J connectivity index is 2.07. The average molecular weight is 264 g/mol. The predicted molar refractivity (Wildman–Crippen MR) is 70.8 cm³/mol. The highest BCUT2D eigenvalue weighted by molar-refractivity contribution is 5.96. The molecule has 1 aromatic rings. The largest absolute Gasteiger partial charge is 0.338 e. The van der Waals surface area contributed by atoms with Crippen molar-refractivity contribution in [1.82, 2.24) is 20.2 Å². The Morgan fingerprint density at radius 3 is 2.89 bits per heavy atom. The Morgan fingerprint density at radius 1 is 1.42 bits per heavy atom. The summed E-state index contributed by atoms with van der Waals surface area (Å²) in [6.45, 7) is 4.08. The molecule has 19 heavy (non-hydrogen) atoms. The maximum Gasteiger partial charge on any atom is 0.321 e. The van der Waals surface area contributed by atoms with Gasteiger partial charge in [0.15, 0.2) is 0 Å². The quantitative estimate of drug-likeness (QED) is 0.860. The van der Waals surface area contributed by atoms with Gasteiger partial charge in [0.25, 0.3) is 5.91 Å².